The van der Waals surface area contributed by atoms with Gasteiger partial charge in [0.2, 0.25) is 10.0 Å². The quantitative estimate of drug-likeness (QED) is 0.795. The largest absolute Gasteiger partial charge is 0.493 e. The van der Waals surface area contributed by atoms with Crippen LogP contribution < -0.4 is 9.46 Å². The summed E-state index contributed by atoms with van der Waals surface area (Å²) in [5, 5.41) is 1.92. The molecule has 0 bridgehead atoms. The summed E-state index contributed by atoms with van der Waals surface area (Å²) in [6.07, 6.45) is 2.00. The normalized spacial score (nSPS) is 13.5. The summed E-state index contributed by atoms with van der Waals surface area (Å²) < 4.78 is 31.2. The molecule has 2 aromatic carbocycles. The van der Waals surface area contributed by atoms with E-state index in [0.717, 1.165) is 46.0 Å². The van der Waals surface area contributed by atoms with E-state index >= 15 is 0 Å². The number of rotatable bonds is 3. The van der Waals surface area contributed by atoms with Crippen molar-refractivity contribution in [2.45, 2.75) is 6.42 Å². The van der Waals surface area contributed by atoms with Crippen molar-refractivity contribution >= 4 is 26.6 Å². The van der Waals surface area contributed by atoms with E-state index in [1.165, 1.54) is 0 Å². The van der Waals surface area contributed by atoms with Crippen LogP contribution >= 0.6 is 0 Å². The fraction of sp³-hybridized carbons (Fsp3) is 0.167. The fourth-order valence-electron chi connectivity index (χ4n) is 2.99. The number of nitrogens with one attached hydrogen (secondary N) is 1. The molecule has 3 aromatic rings. The number of hydrogen-bond donors (Lipinski definition) is 1. The molecule has 0 aliphatic carbocycles. The van der Waals surface area contributed by atoms with Crippen molar-refractivity contribution in [3.8, 4) is 17.0 Å². The van der Waals surface area contributed by atoms with Crippen molar-refractivity contribution in [2.75, 3.05) is 17.6 Å². The second kappa shape index (κ2) is 5.49. The molecule has 0 saturated carbocycles. The number of fused-ring (bicyclic) bond motifs is 2. The highest BCUT2D eigenvalue weighted by Crippen LogP contribution is 2.34. The Balaban J connectivity index is 1.92. The molecule has 0 unspecified atom stereocenters. The molecule has 0 radical (unpaired) electrons. The molecule has 122 valence electrons. The zero-order valence-corrected chi connectivity index (χ0v) is 13.9. The van der Waals surface area contributed by atoms with E-state index in [9.17, 15) is 8.42 Å². The van der Waals surface area contributed by atoms with Crippen molar-refractivity contribution in [3.63, 3.8) is 0 Å². The van der Waals surface area contributed by atoms with Gasteiger partial charge in [0, 0.05) is 17.4 Å². The molecule has 1 aromatic heterocycles. The first-order valence-electron chi connectivity index (χ1n) is 7.63. The van der Waals surface area contributed by atoms with Crippen LogP contribution in [0.2, 0.25) is 0 Å². The average molecular weight is 340 g/mol. The highest BCUT2D eigenvalue weighted by atomic mass is 32.2. The molecule has 0 atom stereocenters. The van der Waals surface area contributed by atoms with Gasteiger partial charge < -0.3 is 4.74 Å². The zero-order chi connectivity index (χ0) is 16.7. The Kier molecular flexibility index (Phi) is 3.42. The molecule has 24 heavy (non-hydrogen) atoms. The lowest BCUT2D eigenvalue weighted by Gasteiger charge is -2.11. The predicted octanol–water partition coefficient (Wildman–Crippen LogP) is 3.21. The topological polar surface area (TPSA) is 68.3 Å². The third-order valence-electron chi connectivity index (χ3n) is 3.99. The van der Waals surface area contributed by atoms with Crippen molar-refractivity contribution in [3.05, 3.63) is 54.1 Å². The first kappa shape index (κ1) is 15.0. The Morgan fingerprint density at radius 3 is 2.79 bits per heavy atom. The van der Waals surface area contributed by atoms with Crippen LogP contribution in [0.4, 0.5) is 5.82 Å². The van der Waals surface area contributed by atoms with Gasteiger partial charge in [-0.3, -0.25) is 4.72 Å². The molecule has 0 fully saturated rings. The molecule has 0 spiro atoms. The minimum absolute atomic E-state index is 0.322. The minimum Gasteiger partial charge on any atom is -0.493 e. The number of benzene rings is 2. The third-order valence-corrected chi connectivity index (χ3v) is 4.57. The maximum atomic E-state index is 11.6. The Morgan fingerprint density at radius 1 is 1.12 bits per heavy atom. The molecule has 6 heteroatoms. The highest BCUT2D eigenvalue weighted by Gasteiger charge is 2.15. The van der Waals surface area contributed by atoms with E-state index < -0.39 is 10.0 Å². The van der Waals surface area contributed by atoms with Gasteiger partial charge in [-0.05, 0) is 35.2 Å². The van der Waals surface area contributed by atoms with Crippen LogP contribution in [-0.4, -0.2) is 26.3 Å². The predicted molar refractivity (Wildman–Crippen MR) is 94.8 cm³/mol. The van der Waals surface area contributed by atoms with Crippen molar-refractivity contribution in [2.24, 2.45) is 0 Å². The maximum absolute atomic E-state index is 11.6. The molecule has 1 N–H and O–H groups in total. The number of sulfonamides is 1. The lowest BCUT2D eigenvalue weighted by Crippen LogP contribution is -2.11. The van der Waals surface area contributed by atoms with E-state index in [1.54, 1.807) is 6.07 Å². The van der Waals surface area contributed by atoms with Gasteiger partial charge in [-0.25, -0.2) is 13.4 Å². The molecule has 4 rings (SSSR count). The summed E-state index contributed by atoms with van der Waals surface area (Å²) in [6.45, 7) is 0.697. The fourth-order valence-corrected chi connectivity index (χ4v) is 3.48. The summed E-state index contributed by atoms with van der Waals surface area (Å²) in [7, 11) is -3.39. The zero-order valence-electron chi connectivity index (χ0n) is 13.1. The van der Waals surface area contributed by atoms with Gasteiger partial charge in [0.05, 0.1) is 18.6 Å². The summed E-state index contributed by atoms with van der Waals surface area (Å²) in [6, 6.07) is 15.5. The second-order valence-corrected chi connectivity index (χ2v) is 7.62. The van der Waals surface area contributed by atoms with Crippen LogP contribution in [0.3, 0.4) is 0 Å². The molecular weight excluding hydrogens is 324 g/mol. The van der Waals surface area contributed by atoms with Gasteiger partial charge in [0.15, 0.2) is 0 Å². The minimum atomic E-state index is -3.39. The maximum Gasteiger partial charge on any atom is 0.230 e. The van der Waals surface area contributed by atoms with Gasteiger partial charge >= 0.3 is 0 Å². The number of anilines is 1. The van der Waals surface area contributed by atoms with Crippen LogP contribution in [0, 0.1) is 0 Å². The smallest absolute Gasteiger partial charge is 0.230 e. The standard InChI is InChI=1S/C18H16N2O3S/c1-24(21,22)20-17-11-12-4-2-3-5-15(12)18(19-17)14-6-7-16-13(10-14)8-9-23-16/h2-7,10-11H,8-9H2,1H3,(H,19,20). The molecule has 0 amide bonds. The van der Waals surface area contributed by atoms with Crippen LogP contribution in [-0.2, 0) is 16.4 Å². The average Bonchev–Trinajstić information content (AvgIpc) is 3.00. The first-order chi connectivity index (χ1) is 11.5. The second-order valence-electron chi connectivity index (χ2n) is 5.87. The number of nitrogens with zero attached hydrogens (tertiary/aromatic N) is 1. The van der Waals surface area contributed by atoms with Crippen molar-refractivity contribution in [1.82, 2.24) is 4.98 Å². The summed E-state index contributed by atoms with van der Waals surface area (Å²) >= 11 is 0. The van der Waals surface area contributed by atoms with Crippen molar-refractivity contribution < 1.29 is 13.2 Å². The number of aromatic nitrogens is 1. The number of ether oxygens (including phenoxy) is 1. The van der Waals surface area contributed by atoms with Crippen LogP contribution in [0.25, 0.3) is 22.0 Å². The number of hydrogen-bond acceptors (Lipinski definition) is 4. The molecule has 1 aliphatic heterocycles. The van der Waals surface area contributed by atoms with Gasteiger partial charge in [0.25, 0.3) is 0 Å². The molecule has 5 nitrogen and oxygen atoms in total. The Bertz CT molecular complexity index is 1050. The number of pyridine rings is 1. The lowest BCUT2D eigenvalue weighted by molar-refractivity contribution is 0.357. The van der Waals surface area contributed by atoms with Crippen molar-refractivity contribution in [1.29, 1.82) is 0 Å². The molecule has 0 saturated heterocycles. The van der Waals surface area contributed by atoms with E-state index in [-0.39, 0.29) is 0 Å². The third kappa shape index (κ3) is 2.80. The first-order valence-corrected chi connectivity index (χ1v) is 9.52. The van der Waals surface area contributed by atoms with Crippen LogP contribution in [0.5, 0.6) is 5.75 Å². The summed E-state index contributed by atoms with van der Waals surface area (Å²) in [5.41, 5.74) is 2.86. The summed E-state index contributed by atoms with van der Waals surface area (Å²) in [4.78, 5) is 4.55. The SMILES string of the molecule is CS(=O)(=O)Nc1cc2ccccc2c(-c2ccc3c(c2)CCO3)n1. The summed E-state index contributed by atoms with van der Waals surface area (Å²) in [5.74, 6) is 1.23. The van der Waals surface area contributed by atoms with Gasteiger partial charge in [0.1, 0.15) is 11.6 Å². The van der Waals surface area contributed by atoms with E-state index in [0.29, 0.717) is 12.4 Å². The van der Waals surface area contributed by atoms with E-state index in [1.807, 2.05) is 36.4 Å². The molecular formula is C18H16N2O3S. The van der Waals surface area contributed by atoms with E-state index in [4.69, 9.17) is 4.74 Å². The highest BCUT2D eigenvalue weighted by molar-refractivity contribution is 7.92. The van der Waals surface area contributed by atoms with Gasteiger partial charge in [-0.2, -0.15) is 0 Å². The van der Waals surface area contributed by atoms with Crippen LogP contribution in [0.1, 0.15) is 5.56 Å². The Morgan fingerprint density at radius 2 is 1.96 bits per heavy atom. The molecule has 1 aliphatic rings. The lowest BCUT2D eigenvalue weighted by atomic mass is 10.0. The Hall–Kier alpha value is -2.60. The van der Waals surface area contributed by atoms with Gasteiger partial charge in [-0.1, -0.05) is 24.3 Å². The van der Waals surface area contributed by atoms with Gasteiger partial charge in [-0.15, -0.1) is 0 Å². The molecule has 2 heterocycles. The van der Waals surface area contributed by atoms with E-state index in [2.05, 4.69) is 15.8 Å². The van der Waals surface area contributed by atoms with Crippen LogP contribution in [0.15, 0.2) is 48.5 Å². The monoisotopic (exact) mass is 340 g/mol. The Labute approximate surface area is 140 Å².